The molecular weight excluding hydrogens is 889 g/mol. The molecule has 0 amide bonds. The highest BCUT2D eigenvalue weighted by molar-refractivity contribution is 6.10. The van der Waals surface area contributed by atoms with Crippen molar-refractivity contribution in [1.82, 2.24) is 9.55 Å². The van der Waals surface area contributed by atoms with Gasteiger partial charge in [0.25, 0.3) is 0 Å². The van der Waals surface area contributed by atoms with Crippen LogP contribution < -0.4 is 14.5 Å². The van der Waals surface area contributed by atoms with E-state index in [1.165, 1.54) is 55.9 Å². The monoisotopic (exact) mass is 955 g/mol. The Labute approximate surface area is 432 Å². The molecule has 0 bridgehead atoms. The molecule has 0 unspecified atom stereocenters. The summed E-state index contributed by atoms with van der Waals surface area (Å²) in [6, 6.07) is 72.7. The highest BCUT2D eigenvalue weighted by Gasteiger charge is 2.34. The zero-order valence-electron chi connectivity index (χ0n) is 44.0. The van der Waals surface area contributed by atoms with Crippen LogP contribution in [-0.2, 0) is 21.7 Å². The Morgan fingerprint density at radius 2 is 0.986 bits per heavy atom. The third-order valence-electron chi connectivity index (χ3n) is 15.4. The minimum absolute atomic E-state index is 0.0244. The number of ether oxygens (including phenoxy) is 1. The lowest BCUT2D eigenvalue weighted by atomic mass is 9.78. The molecule has 0 saturated carbocycles. The summed E-state index contributed by atoms with van der Waals surface area (Å²) in [5.74, 6) is 2.38. The van der Waals surface area contributed by atoms with Gasteiger partial charge in [0.1, 0.15) is 24.0 Å². The van der Waals surface area contributed by atoms with Gasteiger partial charge in [-0.25, -0.2) is 4.98 Å². The molecule has 11 rings (SSSR count). The second-order valence-electron chi connectivity index (χ2n) is 23.1. The number of fused-ring (bicyclic) bond motifs is 4. The molecule has 0 N–H and O–H groups in total. The minimum Gasteiger partial charge on any atom is -0.457 e. The van der Waals surface area contributed by atoms with E-state index in [2.05, 4.69) is 284 Å². The van der Waals surface area contributed by atoms with Crippen molar-refractivity contribution in [2.45, 2.75) is 90.9 Å². The third kappa shape index (κ3) is 8.86. The SMILES string of the molecule is CC(C)(C)c1cc(N2CN(c3cccc(Oc4ccc5c6cc(-c7ccccc7)ccc6n(-c6cc(C(C)(C)c7ccccc7)ccn6)c5c4)c3)c3ccc(C(C)(C)c4ccccc4)cc32)cc(C(C)(C)C)c1. The molecule has 0 atom stereocenters. The number of rotatable bonds is 10. The van der Waals surface area contributed by atoms with Crippen molar-refractivity contribution in [1.29, 1.82) is 0 Å². The Hall–Kier alpha value is -7.89. The van der Waals surface area contributed by atoms with Gasteiger partial charge >= 0.3 is 0 Å². The van der Waals surface area contributed by atoms with Crippen LogP contribution in [0.4, 0.5) is 22.7 Å². The van der Waals surface area contributed by atoms with Crippen LogP contribution >= 0.6 is 0 Å². The highest BCUT2D eigenvalue weighted by atomic mass is 16.5. The molecule has 10 aromatic rings. The van der Waals surface area contributed by atoms with Crippen molar-refractivity contribution in [2.24, 2.45) is 0 Å². The Morgan fingerprint density at radius 1 is 0.384 bits per heavy atom. The van der Waals surface area contributed by atoms with Crippen LogP contribution in [0.5, 0.6) is 11.5 Å². The molecule has 1 aliphatic rings. The summed E-state index contributed by atoms with van der Waals surface area (Å²) in [6.07, 6.45) is 1.95. The molecule has 0 radical (unpaired) electrons. The summed E-state index contributed by atoms with van der Waals surface area (Å²) >= 11 is 0. The first kappa shape index (κ1) is 47.4. The van der Waals surface area contributed by atoms with Gasteiger partial charge in [-0.3, -0.25) is 4.57 Å². The summed E-state index contributed by atoms with van der Waals surface area (Å²) in [4.78, 5) is 10.0. The maximum absolute atomic E-state index is 6.95. The van der Waals surface area contributed by atoms with Crippen molar-refractivity contribution in [3.63, 3.8) is 0 Å². The number of nitrogens with zero attached hydrogens (tertiary/aromatic N) is 4. The van der Waals surface area contributed by atoms with Crippen LogP contribution in [0.1, 0.15) is 103 Å². The quantitative estimate of drug-likeness (QED) is 0.137. The van der Waals surface area contributed by atoms with E-state index >= 15 is 0 Å². The summed E-state index contributed by atoms with van der Waals surface area (Å²) in [5.41, 5.74) is 16.3. The molecule has 0 saturated heterocycles. The van der Waals surface area contributed by atoms with Crippen molar-refractivity contribution >= 4 is 44.6 Å². The van der Waals surface area contributed by atoms with E-state index in [0.717, 1.165) is 50.5 Å². The number of hydrogen-bond acceptors (Lipinski definition) is 4. The topological polar surface area (TPSA) is 33.5 Å². The van der Waals surface area contributed by atoms with Crippen LogP contribution in [0.2, 0.25) is 0 Å². The van der Waals surface area contributed by atoms with E-state index in [1.54, 1.807) is 0 Å². The van der Waals surface area contributed by atoms with E-state index in [0.29, 0.717) is 6.67 Å². The fraction of sp³-hybridized carbons (Fsp3) is 0.221. The second kappa shape index (κ2) is 18.0. The number of benzene rings is 8. The molecule has 2 aromatic heterocycles. The van der Waals surface area contributed by atoms with E-state index in [-0.39, 0.29) is 21.7 Å². The van der Waals surface area contributed by atoms with E-state index in [4.69, 9.17) is 9.72 Å². The fourth-order valence-electron chi connectivity index (χ4n) is 10.7. The van der Waals surface area contributed by atoms with Crippen molar-refractivity contribution in [3.8, 4) is 28.4 Å². The zero-order chi connectivity index (χ0) is 50.9. The lowest BCUT2D eigenvalue weighted by molar-refractivity contribution is 0.483. The van der Waals surface area contributed by atoms with Crippen LogP contribution in [-0.4, -0.2) is 16.2 Å². The molecule has 5 nitrogen and oxygen atoms in total. The largest absolute Gasteiger partial charge is 0.457 e. The predicted molar refractivity (Wildman–Crippen MR) is 307 cm³/mol. The normalized spacial score (nSPS) is 13.2. The maximum Gasteiger partial charge on any atom is 0.137 e. The third-order valence-corrected chi connectivity index (χ3v) is 15.4. The predicted octanol–water partition coefficient (Wildman–Crippen LogP) is 18.1. The number of aromatic nitrogens is 2. The van der Waals surface area contributed by atoms with Crippen molar-refractivity contribution in [3.05, 3.63) is 240 Å². The molecule has 1 aliphatic heterocycles. The van der Waals surface area contributed by atoms with Crippen LogP contribution in [0.3, 0.4) is 0 Å². The molecule has 0 aliphatic carbocycles. The Bertz CT molecular complexity index is 3620. The van der Waals surface area contributed by atoms with Gasteiger partial charge in [-0.2, -0.15) is 0 Å². The Balaban J connectivity index is 0.999. The van der Waals surface area contributed by atoms with Gasteiger partial charge in [-0.05, 0) is 128 Å². The molecule has 8 aromatic carbocycles. The maximum atomic E-state index is 6.95. The molecule has 0 spiro atoms. The smallest absolute Gasteiger partial charge is 0.137 e. The molecular formula is C68H66N4O. The number of anilines is 4. The Kier molecular flexibility index (Phi) is 11.7. The molecule has 73 heavy (non-hydrogen) atoms. The second-order valence-corrected chi connectivity index (χ2v) is 23.1. The molecule has 0 fully saturated rings. The Morgan fingerprint density at radius 3 is 1.63 bits per heavy atom. The van der Waals surface area contributed by atoms with Crippen molar-refractivity contribution < 1.29 is 4.74 Å². The fourth-order valence-corrected chi connectivity index (χ4v) is 10.7. The van der Waals surface area contributed by atoms with Gasteiger partial charge < -0.3 is 14.5 Å². The first-order valence-electron chi connectivity index (χ1n) is 25.8. The van der Waals surface area contributed by atoms with Gasteiger partial charge in [-0.15, -0.1) is 0 Å². The lowest BCUT2D eigenvalue weighted by Gasteiger charge is -2.30. The number of hydrogen-bond donors (Lipinski definition) is 0. The molecule has 3 heterocycles. The first-order valence-corrected chi connectivity index (χ1v) is 25.8. The average Bonchev–Trinajstić information content (AvgIpc) is 3.94. The van der Waals surface area contributed by atoms with E-state index in [1.807, 2.05) is 6.20 Å². The summed E-state index contributed by atoms with van der Waals surface area (Å²) < 4.78 is 9.25. The minimum atomic E-state index is -0.239. The summed E-state index contributed by atoms with van der Waals surface area (Å²) in [6.45, 7) is 23.8. The zero-order valence-corrected chi connectivity index (χ0v) is 44.0. The van der Waals surface area contributed by atoms with E-state index < -0.39 is 0 Å². The molecule has 364 valence electrons. The van der Waals surface area contributed by atoms with Gasteiger partial charge in [0.05, 0.1) is 22.4 Å². The van der Waals surface area contributed by atoms with Gasteiger partial charge in [-0.1, -0.05) is 184 Å². The molecule has 5 heteroatoms. The van der Waals surface area contributed by atoms with Crippen LogP contribution in [0, 0.1) is 0 Å². The van der Waals surface area contributed by atoms with Gasteiger partial charge in [0, 0.05) is 51.3 Å². The first-order chi connectivity index (χ1) is 34.9. The summed E-state index contributed by atoms with van der Waals surface area (Å²) in [7, 11) is 0. The van der Waals surface area contributed by atoms with E-state index in [9.17, 15) is 0 Å². The summed E-state index contributed by atoms with van der Waals surface area (Å²) in [5, 5.41) is 2.30. The number of pyridine rings is 1. The van der Waals surface area contributed by atoms with Gasteiger partial charge in [0.15, 0.2) is 0 Å². The highest BCUT2D eigenvalue weighted by Crippen LogP contribution is 2.49. The standard InChI is InChI=1S/C68H66N4O/c1-65(2,3)52-38-53(66(4,5)6)40-55(39-52)71-45-70(61-34-30-50(41-63(61)71)67(7,8)48-23-16-12-17-24-48)54-27-20-28-56(43-54)73-57-31-32-58-59-37-47(46-21-14-11-15-22-46)29-33-60(59)72(62(58)44-57)64-42-51(35-36-69-64)68(9,10)49-25-18-13-19-26-49/h11-44H,45H2,1-10H3. The van der Waals surface area contributed by atoms with Crippen molar-refractivity contribution in [2.75, 3.05) is 16.5 Å². The van der Waals surface area contributed by atoms with Crippen LogP contribution in [0.25, 0.3) is 38.8 Å². The van der Waals surface area contributed by atoms with Crippen LogP contribution in [0.15, 0.2) is 206 Å². The average molecular weight is 955 g/mol. The van der Waals surface area contributed by atoms with Gasteiger partial charge in [0.2, 0.25) is 0 Å². The lowest BCUT2D eigenvalue weighted by Crippen LogP contribution is -2.25.